The average molecular weight is 273 g/mol. The highest BCUT2D eigenvalue weighted by Gasteiger charge is 2.21. The molecule has 1 heterocycles. The zero-order chi connectivity index (χ0) is 12.1. The molecule has 1 unspecified atom stereocenters. The van der Waals surface area contributed by atoms with Crippen LogP contribution in [0.5, 0.6) is 0 Å². The summed E-state index contributed by atoms with van der Waals surface area (Å²) in [6.07, 6.45) is 1.66. The molecule has 0 aromatic heterocycles. The molecule has 1 amide bonds. The van der Waals surface area contributed by atoms with Gasteiger partial charge in [0.15, 0.2) is 0 Å². The lowest BCUT2D eigenvalue weighted by Gasteiger charge is -2.09. The van der Waals surface area contributed by atoms with Crippen molar-refractivity contribution in [1.29, 1.82) is 0 Å². The molecular weight excluding hydrogens is 255 g/mol. The summed E-state index contributed by atoms with van der Waals surface area (Å²) < 4.78 is 12.7. The lowest BCUT2D eigenvalue weighted by molar-refractivity contribution is -0.124. The summed E-state index contributed by atoms with van der Waals surface area (Å²) in [5.74, 6) is 0.00939. The Morgan fingerprint density at radius 1 is 1.39 bits per heavy atom. The Morgan fingerprint density at radius 3 is 2.72 bits per heavy atom. The smallest absolute Gasteiger partial charge is 0.224 e. The first-order valence-corrected chi connectivity index (χ1v) is 5.98. The summed E-state index contributed by atoms with van der Waals surface area (Å²) in [5.41, 5.74) is 1.04. The summed E-state index contributed by atoms with van der Waals surface area (Å²) in [4.78, 5) is 11.7. The molecule has 2 rings (SSSR count). The normalized spacial score (nSPS) is 18.2. The predicted molar refractivity (Wildman–Crippen MR) is 71.3 cm³/mol. The molecule has 0 bridgehead atoms. The largest absolute Gasteiger partial charge is 0.355 e. The van der Waals surface area contributed by atoms with E-state index in [2.05, 4.69) is 10.6 Å². The van der Waals surface area contributed by atoms with E-state index < -0.39 is 0 Å². The quantitative estimate of drug-likeness (QED) is 0.873. The van der Waals surface area contributed by atoms with Crippen molar-refractivity contribution in [3.8, 4) is 0 Å². The van der Waals surface area contributed by atoms with Gasteiger partial charge in [-0.25, -0.2) is 4.39 Å². The van der Waals surface area contributed by atoms with E-state index in [1.165, 1.54) is 12.1 Å². The van der Waals surface area contributed by atoms with Gasteiger partial charge in [0.05, 0.1) is 5.92 Å². The van der Waals surface area contributed by atoms with E-state index in [1.54, 1.807) is 12.1 Å². The molecular formula is C13H18ClFN2O. The molecule has 1 aliphatic heterocycles. The highest BCUT2D eigenvalue weighted by Crippen LogP contribution is 2.07. The number of benzene rings is 1. The molecule has 0 radical (unpaired) electrons. The molecule has 0 aliphatic carbocycles. The first-order valence-electron chi connectivity index (χ1n) is 5.98. The molecule has 1 fully saturated rings. The minimum Gasteiger partial charge on any atom is -0.355 e. The molecule has 1 aromatic rings. The van der Waals surface area contributed by atoms with Crippen LogP contribution in [0.1, 0.15) is 12.0 Å². The maximum absolute atomic E-state index is 12.7. The Kier molecular flexibility index (Phi) is 6.09. The number of carbonyl (C=O) groups is 1. The number of hydrogen-bond acceptors (Lipinski definition) is 2. The highest BCUT2D eigenvalue weighted by molar-refractivity contribution is 5.85. The average Bonchev–Trinajstić information content (AvgIpc) is 2.85. The standard InChI is InChI=1S/C13H17FN2O.ClH/c14-12-3-1-10(2-4-12)5-8-16-13(17)11-6-7-15-9-11;/h1-4,11,15H,5-9H2,(H,16,17);1H. The van der Waals surface area contributed by atoms with E-state index in [1.807, 2.05) is 0 Å². The summed E-state index contributed by atoms with van der Waals surface area (Å²) in [7, 11) is 0. The number of carbonyl (C=O) groups excluding carboxylic acids is 1. The van der Waals surface area contributed by atoms with Crippen LogP contribution in [0.25, 0.3) is 0 Å². The monoisotopic (exact) mass is 272 g/mol. The number of amides is 1. The first-order chi connectivity index (χ1) is 8.25. The summed E-state index contributed by atoms with van der Waals surface area (Å²) in [6.45, 7) is 2.32. The number of hydrogen-bond donors (Lipinski definition) is 2. The van der Waals surface area contributed by atoms with Gasteiger partial charge in [-0.3, -0.25) is 4.79 Å². The summed E-state index contributed by atoms with van der Waals surface area (Å²) in [5, 5.41) is 6.08. The van der Waals surface area contributed by atoms with Gasteiger partial charge in [-0.2, -0.15) is 0 Å². The van der Waals surface area contributed by atoms with E-state index in [9.17, 15) is 9.18 Å². The van der Waals surface area contributed by atoms with E-state index >= 15 is 0 Å². The zero-order valence-electron chi connectivity index (χ0n) is 10.1. The Morgan fingerprint density at radius 2 is 2.11 bits per heavy atom. The van der Waals surface area contributed by atoms with Gasteiger partial charge in [-0.15, -0.1) is 12.4 Å². The molecule has 5 heteroatoms. The van der Waals surface area contributed by atoms with E-state index in [4.69, 9.17) is 0 Å². The first kappa shape index (κ1) is 14.9. The fourth-order valence-electron chi connectivity index (χ4n) is 2.00. The lowest BCUT2D eigenvalue weighted by Crippen LogP contribution is -2.33. The summed E-state index contributed by atoms with van der Waals surface area (Å²) in [6, 6.07) is 6.38. The van der Waals surface area contributed by atoms with Gasteiger partial charge in [-0.05, 0) is 37.1 Å². The number of rotatable bonds is 4. The minimum atomic E-state index is -0.227. The van der Waals surface area contributed by atoms with E-state index in [0.717, 1.165) is 31.5 Å². The number of halogens is 2. The second kappa shape index (κ2) is 7.34. The second-order valence-electron chi connectivity index (χ2n) is 4.36. The van der Waals surface area contributed by atoms with Crippen molar-refractivity contribution >= 4 is 18.3 Å². The zero-order valence-corrected chi connectivity index (χ0v) is 10.9. The Labute approximate surface area is 113 Å². The van der Waals surface area contributed by atoms with Gasteiger partial charge in [0.25, 0.3) is 0 Å². The van der Waals surface area contributed by atoms with Crippen LogP contribution >= 0.6 is 12.4 Å². The van der Waals surface area contributed by atoms with Crippen molar-refractivity contribution in [3.05, 3.63) is 35.6 Å². The van der Waals surface area contributed by atoms with Gasteiger partial charge in [-0.1, -0.05) is 12.1 Å². The van der Waals surface area contributed by atoms with Crippen LogP contribution in [0, 0.1) is 11.7 Å². The Bertz CT molecular complexity index is 377. The van der Waals surface area contributed by atoms with Gasteiger partial charge in [0.2, 0.25) is 5.91 Å². The van der Waals surface area contributed by atoms with Gasteiger partial charge >= 0.3 is 0 Å². The van der Waals surface area contributed by atoms with Crippen LogP contribution in [-0.2, 0) is 11.2 Å². The minimum absolute atomic E-state index is 0. The van der Waals surface area contributed by atoms with Crippen LogP contribution < -0.4 is 10.6 Å². The molecule has 3 nitrogen and oxygen atoms in total. The van der Waals surface area contributed by atoms with Crippen LogP contribution in [-0.4, -0.2) is 25.5 Å². The van der Waals surface area contributed by atoms with Crippen molar-refractivity contribution in [2.75, 3.05) is 19.6 Å². The van der Waals surface area contributed by atoms with Crippen LogP contribution in [0.2, 0.25) is 0 Å². The number of nitrogens with one attached hydrogen (secondary N) is 2. The van der Waals surface area contributed by atoms with Gasteiger partial charge in [0.1, 0.15) is 5.82 Å². The molecule has 0 saturated carbocycles. The Hall–Kier alpha value is -1.13. The molecule has 2 N–H and O–H groups in total. The molecule has 1 aliphatic rings. The van der Waals surface area contributed by atoms with E-state index in [-0.39, 0.29) is 30.0 Å². The Balaban J connectivity index is 0.00000162. The molecule has 1 aromatic carbocycles. The van der Waals surface area contributed by atoms with Crippen LogP contribution in [0.3, 0.4) is 0 Å². The third kappa shape index (κ3) is 4.27. The fraction of sp³-hybridized carbons (Fsp3) is 0.462. The third-order valence-corrected chi connectivity index (χ3v) is 3.06. The topological polar surface area (TPSA) is 41.1 Å². The maximum atomic E-state index is 12.7. The molecule has 1 atom stereocenters. The SMILES string of the molecule is Cl.O=C(NCCc1ccc(F)cc1)C1CCNC1. The van der Waals surface area contributed by atoms with Crippen LogP contribution in [0.15, 0.2) is 24.3 Å². The summed E-state index contributed by atoms with van der Waals surface area (Å²) >= 11 is 0. The maximum Gasteiger partial charge on any atom is 0.224 e. The van der Waals surface area contributed by atoms with Crippen molar-refractivity contribution in [3.63, 3.8) is 0 Å². The van der Waals surface area contributed by atoms with Crippen molar-refractivity contribution in [2.24, 2.45) is 5.92 Å². The van der Waals surface area contributed by atoms with Crippen molar-refractivity contribution in [2.45, 2.75) is 12.8 Å². The van der Waals surface area contributed by atoms with Crippen molar-refractivity contribution < 1.29 is 9.18 Å². The van der Waals surface area contributed by atoms with Crippen LogP contribution in [0.4, 0.5) is 4.39 Å². The van der Waals surface area contributed by atoms with Crippen molar-refractivity contribution in [1.82, 2.24) is 10.6 Å². The molecule has 100 valence electrons. The van der Waals surface area contributed by atoms with Gasteiger partial charge < -0.3 is 10.6 Å². The molecule has 18 heavy (non-hydrogen) atoms. The second-order valence-corrected chi connectivity index (χ2v) is 4.36. The highest BCUT2D eigenvalue weighted by atomic mass is 35.5. The van der Waals surface area contributed by atoms with Gasteiger partial charge in [0, 0.05) is 13.1 Å². The van der Waals surface area contributed by atoms with E-state index in [0.29, 0.717) is 6.54 Å². The third-order valence-electron chi connectivity index (χ3n) is 3.06. The molecule has 0 spiro atoms. The lowest BCUT2D eigenvalue weighted by atomic mass is 10.1. The fourth-order valence-corrected chi connectivity index (χ4v) is 2.00. The predicted octanol–water partition coefficient (Wildman–Crippen LogP) is 1.52. The molecule has 1 saturated heterocycles.